The summed E-state index contributed by atoms with van der Waals surface area (Å²) in [6, 6.07) is 8.36. The first-order valence-electron chi connectivity index (χ1n) is 8.61. The molecule has 0 spiro atoms. The number of hydrogen-bond acceptors (Lipinski definition) is 6. The van der Waals surface area contributed by atoms with Crippen LogP contribution in [0.1, 0.15) is 5.56 Å². The smallest absolute Gasteiger partial charge is 0.503 e. The van der Waals surface area contributed by atoms with Crippen molar-refractivity contribution in [3.8, 4) is 28.5 Å². The minimum Gasteiger partial charge on any atom is -0.503 e. The number of ether oxygens (including phenoxy) is 2. The number of fused-ring (bicyclic) bond motifs is 1. The second kappa shape index (κ2) is 7.78. The van der Waals surface area contributed by atoms with Crippen LogP contribution in [0.3, 0.4) is 0 Å². The molecule has 0 unspecified atom stereocenters. The maximum Gasteiger partial charge on any atom is 0.573 e. The molecule has 6 nitrogen and oxygen atoms in total. The number of phenolic OH excluding ortho intramolecular Hbond substituents is 1. The van der Waals surface area contributed by atoms with Gasteiger partial charge < -0.3 is 14.6 Å². The van der Waals surface area contributed by atoms with E-state index in [0.717, 1.165) is 11.3 Å². The van der Waals surface area contributed by atoms with Gasteiger partial charge in [0.15, 0.2) is 16.5 Å². The fourth-order valence-electron chi connectivity index (χ4n) is 2.91. The van der Waals surface area contributed by atoms with Gasteiger partial charge in [0.1, 0.15) is 5.75 Å². The van der Waals surface area contributed by atoms with Crippen molar-refractivity contribution in [3.63, 3.8) is 0 Å². The minimum atomic E-state index is -4.81. The van der Waals surface area contributed by atoms with Gasteiger partial charge in [-0.3, -0.25) is 9.20 Å². The first kappa shape index (κ1) is 21.0. The SMILES string of the molecule is COc1cc(/C=c2\sc3nc(-c4cccc(OC(F)(F)F)c4)cn3c2=O)cc(Cl)c1O. The van der Waals surface area contributed by atoms with Crippen molar-refractivity contribution in [2.45, 2.75) is 6.36 Å². The van der Waals surface area contributed by atoms with E-state index < -0.39 is 6.36 Å². The van der Waals surface area contributed by atoms with Gasteiger partial charge in [-0.1, -0.05) is 35.1 Å². The topological polar surface area (TPSA) is 73.1 Å². The Balaban J connectivity index is 1.73. The molecule has 0 saturated heterocycles. The molecule has 31 heavy (non-hydrogen) atoms. The summed E-state index contributed by atoms with van der Waals surface area (Å²) in [7, 11) is 1.38. The highest BCUT2D eigenvalue weighted by atomic mass is 35.5. The van der Waals surface area contributed by atoms with E-state index in [1.165, 1.54) is 48.0 Å². The van der Waals surface area contributed by atoms with Crippen molar-refractivity contribution in [2.75, 3.05) is 7.11 Å². The van der Waals surface area contributed by atoms with Gasteiger partial charge >= 0.3 is 6.36 Å². The van der Waals surface area contributed by atoms with E-state index in [-0.39, 0.29) is 27.8 Å². The largest absolute Gasteiger partial charge is 0.573 e. The molecule has 0 aliphatic rings. The van der Waals surface area contributed by atoms with Crippen LogP contribution in [0, 0.1) is 0 Å². The lowest BCUT2D eigenvalue weighted by Gasteiger charge is -2.09. The second-order valence-electron chi connectivity index (χ2n) is 6.32. The normalized spacial score (nSPS) is 12.5. The van der Waals surface area contributed by atoms with Crippen LogP contribution < -0.4 is 19.6 Å². The molecule has 0 fully saturated rings. The van der Waals surface area contributed by atoms with Crippen molar-refractivity contribution >= 4 is 34.0 Å². The average molecular weight is 469 g/mol. The summed E-state index contributed by atoms with van der Waals surface area (Å²) in [5.74, 6) is -0.419. The van der Waals surface area contributed by atoms with E-state index >= 15 is 0 Å². The number of phenols is 1. The number of thiazole rings is 1. The third-order valence-electron chi connectivity index (χ3n) is 4.24. The maximum atomic E-state index is 12.8. The van der Waals surface area contributed by atoms with E-state index in [4.69, 9.17) is 16.3 Å². The third-order valence-corrected chi connectivity index (χ3v) is 5.51. The lowest BCUT2D eigenvalue weighted by Crippen LogP contribution is -2.22. The molecular formula is C20H12ClF3N2O4S. The van der Waals surface area contributed by atoms with Crippen LogP contribution >= 0.6 is 22.9 Å². The van der Waals surface area contributed by atoms with E-state index in [1.54, 1.807) is 12.1 Å². The van der Waals surface area contributed by atoms with Crippen molar-refractivity contribution in [3.05, 3.63) is 68.1 Å². The predicted octanol–water partition coefficient (Wildman–Crippen LogP) is 4.24. The monoisotopic (exact) mass is 468 g/mol. The average Bonchev–Trinajstić information content (AvgIpc) is 3.23. The maximum absolute atomic E-state index is 12.8. The summed E-state index contributed by atoms with van der Waals surface area (Å²) in [6.07, 6.45) is -1.78. The molecule has 0 amide bonds. The zero-order chi connectivity index (χ0) is 22.3. The molecular weight excluding hydrogens is 457 g/mol. The highest BCUT2D eigenvalue weighted by molar-refractivity contribution is 7.15. The number of methoxy groups -OCH3 is 1. The molecule has 11 heteroatoms. The van der Waals surface area contributed by atoms with Crippen molar-refractivity contribution in [1.82, 2.24) is 9.38 Å². The van der Waals surface area contributed by atoms with E-state index in [2.05, 4.69) is 9.72 Å². The Kier molecular flexibility index (Phi) is 5.28. The summed E-state index contributed by atoms with van der Waals surface area (Å²) in [4.78, 5) is 17.5. The number of halogens is 4. The highest BCUT2D eigenvalue weighted by Crippen LogP contribution is 2.35. The summed E-state index contributed by atoms with van der Waals surface area (Å²) < 4.78 is 48.0. The van der Waals surface area contributed by atoms with Crippen LogP contribution in [0.5, 0.6) is 17.2 Å². The van der Waals surface area contributed by atoms with Crippen LogP contribution in [-0.4, -0.2) is 28.0 Å². The number of aromatic nitrogens is 2. The fourth-order valence-corrected chi connectivity index (χ4v) is 4.08. The molecule has 2 heterocycles. The fraction of sp³-hybridized carbons (Fsp3) is 0.100. The second-order valence-corrected chi connectivity index (χ2v) is 7.74. The number of rotatable bonds is 4. The van der Waals surface area contributed by atoms with E-state index in [9.17, 15) is 23.1 Å². The Labute approximate surface area is 181 Å². The zero-order valence-corrected chi connectivity index (χ0v) is 17.2. The van der Waals surface area contributed by atoms with Gasteiger partial charge in [0, 0.05) is 11.8 Å². The zero-order valence-electron chi connectivity index (χ0n) is 15.6. The quantitative estimate of drug-likeness (QED) is 0.485. The first-order chi connectivity index (χ1) is 14.6. The molecule has 0 saturated carbocycles. The van der Waals surface area contributed by atoms with E-state index in [1.807, 2.05) is 0 Å². The van der Waals surface area contributed by atoms with Crippen LogP contribution in [0.2, 0.25) is 5.02 Å². The Hall–Kier alpha value is -3.24. The van der Waals surface area contributed by atoms with Crippen molar-refractivity contribution in [2.24, 2.45) is 0 Å². The summed E-state index contributed by atoms with van der Waals surface area (Å²) in [5, 5.41) is 9.90. The molecule has 0 bridgehead atoms. The molecule has 160 valence electrons. The Morgan fingerprint density at radius 3 is 2.71 bits per heavy atom. The van der Waals surface area contributed by atoms with Gasteiger partial charge in [0.05, 0.1) is 22.4 Å². The van der Waals surface area contributed by atoms with Crippen LogP contribution in [0.15, 0.2) is 47.4 Å². The number of benzene rings is 2. The number of alkyl halides is 3. The van der Waals surface area contributed by atoms with Gasteiger partial charge in [-0.25, -0.2) is 4.98 Å². The molecule has 0 atom stereocenters. The molecule has 1 N–H and O–H groups in total. The molecule has 2 aromatic carbocycles. The molecule has 0 radical (unpaired) electrons. The number of hydrogen-bond donors (Lipinski definition) is 1. The van der Waals surface area contributed by atoms with Crippen LogP contribution in [0.25, 0.3) is 22.3 Å². The van der Waals surface area contributed by atoms with Crippen molar-refractivity contribution < 1.29 is 27.8 Å². The van der Waals surface area contributed by atoms with Gasteiger partial charge in [-0.15, -0.1) is 13.2 Å². The Bertz CT molecular complexity index is 1400. The molecule has 0 aliphatic heterocycles. The van der Waals surface area contributed by atoms with Crippen molar-refractivity contribution in [1.29, 1.82) is 0 Å². The third kappa shape index (κ3) is 4.30. The summed E-state index contributed by atoms with van der Waals surface area (Å²) in [5.41, 5.74) is 0.887. The molecule has 0 aliphatic carbocycles. The summed E-state index contributed by atoms with van der Waals surface area (Å²) >= 11 is 7.08. The number of aromatic hydroxyl groups is 1. The highest BCUT2D eigenvalue weighted by Gasteiger charge is 2.31. The predicted molar refractivity (Wildman–Crippen MR) is 110 cm³/mol. The van der Waals surface area contributed by atoms with Gasteiger partial charge in [0.25, 0.3) is 5.56 Å². The standard InChI is InChI=1S/C20H12ClF3N2O4S/c1-29-15-6-10(5-13(21)17(15)27)7-16-18(28)26-9-14(25-19(26)31-16)11-3-2-4-12(8-11)30-20(22,23)24/h2-9,27H,1H3/b16-7-. The van der Waals surface area contributed by atoms with Crippen LogP contribution in [0.4, 0.5) is 13.2 Å². The first-order valence-corrected chi connectivity index (χ1v) is 9.80. The molecule has 2 aromatic heterocycles. The lowest BCUT2D eigenvalue weighted by molar-refractivity contribution is -0.274. The van der Waals surface area contributed by atoms with Crippen LogP contribution in [-0.2, 0) is 0 Å². The molecule has 4 aromatic rings. The molecule has 4 rings (SSSR count). The van der Waals surface area contributed by atoms with E-state index in [0.29, 0.717) is 26.3 Å². The van der Waals surface area contributed by atoms with Gasteiger partial charge in [-0.05, 0) is 35.9 Å². The minimum absolute atomic E-state index is 0.0719. The van der Waals surface area contributed by atoms with Gasteiger partial charge in [-0.2, -0.15) is 0 Å². The Morgan fingerprint density at radius 2 is 2.03 bits per heavy atom. The number of nitrogens with zero attached hydrogens (tertiary/aromatic N) is 2. The Morgan fingerprint density at radius 1 is 1.26 bits per heavy atom. The van der Waals surface area contributed by atoms with Gasteiger partial charge in [0.2, 0.25) is 0 Å². The lowest BCUT2D eigenvalue weighted by atomic mass is 10.1. The summed E-state index contributed by atoms with van der Waals surface area (Å²) in [6.45, 7) is 0. The number of imidazole rings is 1.